The van der Waals surface area contributed by atoms with Crippen LogP contribution in [0.4, 0.5) is 21.7 Å². The van der Waals surface area contributed by atoms with Gasteiger partial charge in [-0.1, -0.05) is 25.8 Å². The Morgan fingerprint density at radius 3 is 2.75 bits per heavy atom. The SMILES string of the molecule is CCCCCNc1cc(Nc2cccc(F)c2)ncn1. The highest BCUT2D eigenvalue weighted by molar-refractivity contribution is 5.58. The van der Waals surface area contributed by atoms with Crippen molar-refractivity contribution in [3.05, 3.63) is 42.5 Å². The van der Waals surface area contributed by atoms with Crippen LogP contribution in [0.1, 0.15) is 26.2 Å². The van der Waals surface area contributed by atoms with Crippen LogP contribution in [0.25, 0.3) is 0 Å². The van der Waals surface area contributed by atoms with Crippen LogP contribution in [0.15, 0.2) is 36.7 Å². The van der Waals surface area contributed by atoms with Gasteiger partial charge in [0.1, 0.15) is 23.8 Å². The van der Waals surface area contributed by atoms with Crippen LogP contribution in [0.2, 0.25) is 0 Å². The summed E-state index contributed by atoms with van der Waals surface area (Å²) >= 11 is 0. The molecule has 4 nitrogen and oxygen atoms in total. The summed E-state index contributed by atoms with van der Waals surface area (Å²) in [4.78, 5) is 8.28. The third-order valence-corrected chi connectivity index (χ3v) is 2.85. The molecule has 0 unspecified atom stereocenters. The van der Waals surface area contributed by atoms with Crippen LogP contribution in [0.5, 0.6) is 0 Å². The van der Waals surface area contributed by atoms with E-state index in [0.29, 0.717) is 11.5 Å². The minimum atomic E-state index is -0.276. The molecule has 5 heteroatoms. The third-order valence-electron chi connectivity index (χ3n) is 2.85. The molecular formula is C15H19FN4. The zero-order valence-corrected chi connectivity index (χ0v) is 11.6. The second kappa shape index (κ2) is 7.43. The predicted octanol–water partition coefficient (Wildman–Crippen LogP) is 3.96. The van der Waals surface area contributed by atoms with Gasteiger partial charge in [0.15, 0.2) is 0 Å². The van der Waals surface area contributed by atoms with E-state index in [2.05, 4.69) is 27.5 Å². The number of aromatic nitrogens is 2. The summed E-state index contributed by atoms with van der Waals surface area (Å²) in [6.07, 6.45) is 5.00. The summed E-state index contributed by atoms with van der Waals surface area (Å²) < 4.78 is 13.1. The van der Waals surface area contributed by atoms with E-state index in [9.17, 15) is 4.39 Å². The Morgan fingerprint density at radius 2 is 1.95 bits per heavy atom. The summed E-state index contributed by atoms with van der Waals surface area (Å²) in [5, 5.41) is 6.31. The molecule has 0 aliphatic carbocycles. The van der Waals surface area contributed by atoms with E-state index in [1.165, 1.54) is 31.3 Å². The number of halogens is 1. The van der Waals surface area contributed by atoms with Gasteiger partial charge in [-0.2, -0.15) is 0 Å². The number of nitrogens with one attached hydrogen (secondary N) is 2. The zero-order valence-electron chi connectivity index (χ0n) is 11.6. The largest absolute Gasteiger partial charge is 0.370 e. The van der Waals surface area contributed by atoms with Crippen LogP contribution < -0.4 is 10.6 Å². The fraction of sp³-hybridized carbons (Fsp3) is 0.333. The minimum Gasteiger partial charge on any atom is -0.370 e. The minimum absolute atomic E-state index is 0.276. The molecule has 1 aromatic carbocycles. The summed E-state index contributed by atoms with van der Waals surface area (Å²) in [6.45, 7) is 3.07. The molecule has 0 radical (unpaired) electrons. The van der Waals surface area contributed by atoms with Gasteiger partial charge in [-0.25, -0.2) is 14.4 Å². The maximum Gasteiger partial charge on any atom is 0.135 e. The molecule has 1 aromatic heterocycles. The molecule has 0 saturated carbocycles. The average Bonchev–Trinajstić information content (AvgIpc) is 2.44. The van der Waals surface area contributed by atoms with Crippen molar-refractivity contribution in [1.29, 1.82) is 0 Å². The number of rotatable bonds is 7. The first-order valence-corrected chi connectivity index (χ1v) is 6.86. The number of hydrogen-bond donors (Lipinski definition) is 2. The number of nitrogens with zero attached hydrogens (tertiary/aromatic N) is 2. The Balaban J connectivity index is 1.95. The molecule has 20 heavy (non-hydrogen) atoms. The molecule has 0 bridgehead atoms. The van der Waals surface area contributed by atoms with Crippen LogP contribution in [-0.2, 0) is 0 Å². The molecule has 106 valence electrons. The summed E-state index contributed by atoms with van der Waals surface area (Å²) in [7, 11) is 0. The number of hydrogen-bond acceptors (Lipinski definition) is 4. The zero-order chi connectivity index (χ0) is 14.2. The maximum atomic E-state index is 13.1. The topological polar surface area (TPSA) is 49.8 Å². The predicted molar refractivity (Wildman–Crippen MR) is 79.7 cm³/mol. The van der Waals surface area contributed by atoms with Gasteiger partial charge in [-0.05, 0) is 24.6 Å². The molecule has 0 aliphatic heterocycles. The summed E-state index contributed by atoms with van der Waals surface area (Å²) in [5.41, 5.74) is 0.667. The molecule has 2 aromatic rings. The van der Waals surface area contributed by atoms with E-state index in [1.54, 1.807) is 12.1 Å². The van der Waals surface area contributed by atoms with Crippen molar-refractivity contribution >= 4 is 17.3 Å². The highest BCUT2D eigenvalue weighted by atomic mass is 19.1. The second-order valence-electron chi connectivity index (χ2n) is 4.56. The van der Waals surface area contributed by atoms with Gasteiger partial charge >= 0.3 is 0 Å². The monoisotopic (exact) mass is 274 g/mol. The molecule has 2 N–H and O–H groups in total. The van der Waals surface area contributed by atoms with E-state index in [-0.39, 0.29) is 5.82 Å². The van der Waals surface area contributed by atoms with Gasteiger partial charge in [0.25, 0.3) is 0 Å². The fourth-order valence-electron chi connectivity index (χ4n) is 1.83. The molecule has 2 rings (SSSR count). The molecule has 0 aliphatic rings. The van der Waals surface area contributed by atoms with Crippen molar-refractivity contribution in [2.75, 3.05) is 17.2 Å². The summed E-state index contributed by atoms with van der Waals surface area (Å²) in [5.74, 6) is 1.14. The van der Waals surface area contributed by atoms with Crippen molar-refractivity contribution in [3.63, 3.8) is 0 Å². The molecule has 1 heterocycles. The molecule has 0 saturated heterocycles. The van der Waals surface area contributed by atoms with Crippen LogP contribution in [0, 0.1) is 5.82 Å². The molecule has 0 spiro atoms. The van der Waals surface area contributed by atoms with Crippen molar-refractivity contribution < 1.29 is 4.39 Å². The average molecular weight is 274 g/mol. The lowest BCUT2D eigenvalue weighted by molar-refractivity contribution is 0.628. The first kappa shape index (κ1) is 14.2. The Bertz CT molecular complexity index is 545. The van der Waals surface area contributed by atoms with Crippen molar-refractivity contribution in [2.24, 2.45) is 0 Å². The van der Waals surface area contributed by atoms with Gasteiger partial charge in [0.2, 0.25) is 0 Å². The lowest BCUT2D eigenvalue weighted by Gasteiger charge is -2.08. The highest BCUT2D eigenvalue weighted by Crippen LogP contribution is 2.17. The Kier molecular flexibility index (Phi) is 5.29. The van der Waals surface area contributed by atoms with Gasteiger partial charge in [-0.3, -0.25) is 0 Å². The van der Waals surface area contributed by atoms with E-state index in [0.717, 1.165) is 18.8 Å². The van der Waals surface area contributed by atoms with Crippen molar-refractivity contribution in [2.45, 2.75) is 26.2 Å². The smallest absolute Gasteiger partial charge is 0.135 e. The van der Waals surface area contributed by atoms with Crippen molar-refractivity contribution in [3.8, 4) is 0 Å². The quantitative estimate of drug-likeness (QED) is 0.750. The van der Waals surface area contributed by atoms with Gasteiger partial charge < -0.3 is 10.6 Å². The van der Waals surface area contributed by atoms with E-state index in [1.807, 2.05) is 6.07 Å². The van der Waals surface area contributed by atoms with E-state index >= 15 is 0 Å². The molecule has 0 fully saturated rings. The number of anilines is 3. The number of unbranched alkanes of at least 4 members (excludes halogenated alkanes) is 2. The molecule has 0 atom stereocenters. The lowest BCUT2D eigenvalue weighted by Crippen LogP contribution is -2.04. The van der Waals surface area contributed by atoms with Gasteiger partial charge in [-0.15, -0.1) is 0 Å². The first-order valence-electron chi connectivity index (χ1n) is 6.86. The van der Waals surface area contributed by atoms with Gasteiger partial charge in [0.05, 0.1) is 0 Å². The van der Waals surface area contributed by atoms with Crippen LogP contribution >= 0.6 is 0 Å². The number of benzene rings is 1. The summed E-state index contributed by atoms with van der Waals surface area (Å²) in [6, 6.07) is 8.10. The van der Waals surface area contributed by atoms with E-state index in [4.69, 9.17) is 0 Å². The maximum absolute atomic E-state index is 13.1. The normalized spacial score (nSPS) is 10.3. The Hall–Kier alpha value is -2.17. The lowest BCUT2D eigenvalue weighted by atomic mass is 10.2. The van der Waals surface area contributed by atoms with E-state index < -0.39 is 0 Å². The Morgan fingerprint density at radius 1 is 1.10 bits per heavy atom. The standard InChI is InChI=1S/C15H19FN4/c1-2-3-4-8-17-14-10-15(19-11-18-14)20-13-7-5-6-12(16)9-13/h5-7,9-11H,2-4,8H2,1H3,(H2,17,18,19,20). The van der Waals surface area contributed by atoms with Crippen LogP contribution in [-0.4, -0.2) is 16.5 Å². The first-order chi connectivity index (χ1) is 9.78. The van der Waals surface area contributed by atoms with Crippen molar-refractivity contribution in [1.82, 2.24) is 9.97 Å². The Labute approximate surface area is 118 Å². The fourth-order valence-corrected chi connectivity index (χ4v) is 1.83. The third kappa shape index (κ3) is 4.50. The van der Waals surface area contributed by atoms with Gasteiger partial charge in [0, 0.05) is 18.3 Å². The van der Waals surface area contributed by atoms with Crippen LogP contribution in [0.3, 0.4) is 0 Å². The molecular weight excluding hydrogens is 255 g/mol. The molecule has 0 amide bonds. The second-order valence-corrected chi connectivity index (χ2v) is 4.56. The highest BCUT2D eigenvalue weighted by Gasteiger charge is 2.00.